The van der Waals surface area contributed by atoms with E-state index in [0.717, 1.165) is 37.1 Å². The van der Waals surface area contributed by atoms with Crippen LogP contribution in [0.15, 0.2) is 24.3 Å². The standard InChI is InChI=1S/C18H29NO/c1-14(2)12-19-13-18(3,16-8-9-16)11-15-6-5-7-17(10-15)20-4/h5-7,10,14,16,19H,8-9,11-13H2,1-4H3. The largest absolute Gasteiger partial charge is 0.497 e. The number of hydrogen-bond donors (Lipinski definition) is 1. The average Bonchev–Trinajstić information content (AvgIpc) is 3.23. The maximum absolute atomic E-state index is 5.34. The van der Waals surface area contributed by atoms with Gasteiger partial charge in [-0.15, -0.1) is 0 Å². The SMILES string of the molecule is COc1cccc(CC(C)(CNCC(C)C)C2CC2)c1. The van der Waals surface area contributed by atoms with Crippen molar-refractivity contribution in [3.63, 3.8) is 0 Å². The summed E-state index contributed by atoms with van der Waals surface area (Å²) in [6.45, 7) is 9.21. The average molecular weight is 275 g/mol. The predicted molar refractivity (Wildman–Crippen MR) is 85.2 cm³/mol. The minimum Gasteiger partial charge on any atom is -0.497 e. The van der Waals surface area contributed by atoms with E-state index in [0.29, 0.717) is 5.41 Å². The first-order valence-corrected chi connectivity index (χ1v) is 7.87. The van der Waals surface area contributed by atoms with E-state index in [4.69, 9.17) is 4.74 Å². The van der Waals surface area contributed by atoms with E-state index in [1.165, 1.54) is 18.4 Å². The van der Waals surface area contributed by atoms with Crippen molar-refractivity contribution in [2.75, 3.05) is 20.2 Å². The van der Waals surface area contributed by atoms with Crippen LogP contribution in [-0.2, 0) is 6.42 Å². The molecule has 20 heavy (non-hydrogen) atoms. The van der Waals surface area contributed by atoms with Crippen LogP contribution < -0.4 is 10.1 Å². The molecule has 0 aromatic heterocycles. The molecule has 2 rings (SSSR count). The lowest BCUT2D eigenvalue weighted by atomic mass is 9.78. The Balaban J connectivity index is 2.00. The molecule has 1 fully saturated rings. The van der Waals surface area contributed by atoms with Crippen molar-refractivity contribution in [3.8, 4) is 5.75 Å². The van der Waals surface area contributed by atoms with Crippen LogP contribution in [0.1, 0.15) is 39.2 Å². The van der Waals surface area contributed by atoms with Gasteiger partial charge >= 0.3 is 0 Å². The van der Waals surface area contributed by atoms with Crippen molar-refractivity contribution in [1.82, 2.24) is 5.32 Å². The van der Waals surface area contributed by atoms with Crippen molar-refractivity contribution in [1.29, 1.82) is 0 Å². The molecule has 0 heterocycles. The van der Waals surface area contributed by atoms with Crippen LogP contribution >= 0.6 is 0 Å². The molecule has 1 N–H and O–H groups in total. The second kappa shape index (κ2) is 6.62. The van der Waals surface area contributed by atoms with Gasteiger partial charge in [0.15, 0.2) is 0 Å². The highest BCUT2D eigenvalue weighted by Crippen LogP contribution is 2.47. The van der Waals surface area contributed by atoms with Crippen LogP contribution in [0.2, 0.25) is 0 Å². The van der Waals surface area contributed by atoms with E-state index in [1.807, 2.05) is 6.07 Å². The van der Waals surface area contributed by atoms with Crippen molar-refractivity contribution < 1.29 is 4.74 Å². The summed E-state index contributed by atoms with van der Waals surface area (Å²) in [6.07, 6.45) is 3.92. The highest BCUT2D eigenvalue weighted by Gasteiger charge is 2.41. The normalized spacial score (nSPS) is 18.1. The Hall–Kier alpha value is -1.02. The molecule has 2 nitrogen and oxygen atoms in total. The fourth-order valence-corrected chi connectivity index (χ4v) is 3.03. The van der Waals surface area contributed by atoms with Crippen molar-refractivity contribution in [3.05, 3.63) is 29.8 Å². The fourth-order valence-electron chi connectivity index (χ4n) is 3.03. The van der Waals surface area contributed by atoms with Gasteiger partial charge in [0.1, 0.15) is 5.75 Å². The fraction of sp³-hybridized carbons (Fsp3) is 0.667. The lowest BCUT2D eigenvalue weighted by Crippen LogP contribution is -2.37. The highest BCUT2D eigenvalue weighted by atomic mass is 16.5. The van der Waals surface area contributed by atoms with Gasteiger partial charge in [-0.25, -0.2) is 0 Å². The van der Waals surface area contributed by atoms with Crippen LogP contribution in [0.5, 0.6) is 5.75 Å². The number of rotatable bonds is 8. The third kappa shape index (κ3) is 4.24. The van der Waals surface area contributed by atoms with Gasteiger partial charge in [0, 0.05) is 6.54 Å². The van der Waals surface area contributed by atoms with Crippen LogP contribution in [-0.4, -0.2) is 20.2 Å². The summed E-state index contributed by atoms with van der Waals surface area (Å²) < 4.78 is 5.34. The topological polar surface area (TPSA) is 21.3 Å². The molecule has 0 saturated heterocycles. The Morgan fingerprint density at radius 2 is 2.10 bits per heavy atom. The second-order valence-electron chi connectivity index (χ2n) is 6.98. The predicted octanol–water partition coefficient (Wildman–Crippen LogP) is 3.90. The molecule has 1 aromatic rings. The zero-order valence-electron chi connectivity index (χ0n) is 13.4. The molecule has 1 saturated carbocycles. The van der Waals surface area contributed by atoms with Crippen LogP contribution in [0.3, 0.4) is 0 Å². The van der Waals surface area contributed by atoms with Gasteiger partial charge in [-0.2, -0.15) is 0 Å². The first kappa shape index (κ1) is 15.4. The zero-order chi connectivity index (χ0) is 14.6. The molecule has 1 aliphatic carbocycles. The van der Waals surface area contributed by atoms with Crippen molar-refractivity contribution >= 4 is 0 Å². The summed E-state index contributed by atoms with van der Waals surface area (Å²) in [6, 6.07) is 8.53. The molecule has 0 bridgehead atoms. The molecule has 0 amide bonds. The van der Waals surface area contributed by atoms with Crippen LogP contribution in [0, 0.1) is 17.3 Å². The molecule has 2 heteroatoms. The Labute approximate surface area is 123 Å². The minimum absolute atomic E-state index is 0.376. The van der Waals surface area contributed by atoms with Gasteiger partial charge in [0.05, 0.1) is 7.11 Å². The summed E-state index contributed by atoms with van der Waals surface area (Å²) in [7, 11) is 1.74. The van der Waals surface area contributed by atoms with E-state index < -0.39 is 0 Å². The second-order valence-corrected chi connectivity index (χ2v) is 6.98. The van der Waals surface area contributed by atoms with E-state index in [1.54, 1.807) is 7.11 Å². The zero-order valence-corrected chi connectivity index (χ0v) is 13.4. The van der Waals surface area contributed by atoms with Crippen LogP contribution in [0.4, 0.5) is 0 Å². The third-order valence-electron chi connectivity index (χ3n) is 4.39. The van der Waals surface area contributed by atoms with Gasteiger partial charge < -0.3 is 10.1 Å². The molecule has 1 aromatic carbocycles. The molecular formula is C18H29NO. The first-order chi connectivity index (χ1) is 9.53. The van der Waals surface area contributed by atoms with Gasteiger partial charge in [-0.3, -0.25) is 0 Å². The number of nitrogens with one attached hydrogen (secondary N) is 1. The Kier molecular flexibility index (Phi) is 5.09. The minimum atomic E-state index is 0.376. The van der Waals surface area contributed by atoms with Gasteiger partial charge in [0.2, 0.25) is 0 Å². The van der Waals surface area contributed by atoms with E-state index in [2.05, 4.69) is 44.3 Å². The maximum atomic E-state index is 5.34. The van der Waals surface area contributed by atoms with Crippen molar-refractivity contribution in [2.45, 2.75) is 40.0 Å². The lowest BCUT2D eigenvalue weighted by molar-refractivity contribution is 0.251. The summed E-state index contributed by atoms with van der Waals surface area (Å²) >= 11 is 0. The Morgan fingerprint density at radius 1 is 1.35 bits per heavy atom. The van der Waals surface area contributed by atoms with Crippen LogP contribution in [0.25, 0.3) is 0 Å². The number of benzene rings is 1. The lowest BCUT2D eigenvalue weighted by Gasteiger charge is -2.31. The van der Waals surface area contributed by atoms with E-state index in [-0.39, 0.29) is 0 Å². The summed E-state index contributed by atoms with van der Waals surface area (Å²) in [5, 5.41) is 3.66. The maximum Gasteiger partial charge on any atom is 0.119 e. The molecule has 112 valence electrons. The molecule has 1 unspecified atom stereocenters. The summed E-state index contributed by atoms with van der Waals surface area (Å²) in [4.78, 5) is 0. The molecule has 0 radical (unpaired) electrons. The quantitative estimate of drug-likeness (QED) is 0.777. The number of methoxy groups -OCH3 is 1. The smallest absolute Gasteiger partial charge is 0.119 e. The van der Waals surface area contributed by atoms with E-state index in [9.17, 15) is 0 Å². The molecule has 1 atom stereocenters. The monoisotopic (exact) mass is 275 g/mol. The van der Waals surface area contributed by atoms with Gasteiger partial charge in [-0.1, -0.05) is 32.9 Å². The number of ether oxygens (including phenoxy) is 1. The van der Waals surface area contributed by atoms with Crippen molar-refractivity contribution in [2.24, 2.45) is 17.3 Å². The summed E-state index contributed by atoms with van der Waals surface area (Å²) in [5.41, 5.74) is 1.77. The molecule has 1 aliphatic rings. The van der Waals surface area contributed by atoms with Gasteiger partial charge in [0.25, 0.3) is 0 Å². The Bertz CT molecular complexity index is 425. The van der Waals surface area contributed by atoms with Gasteiger partial charge in [-0.05, 0) is 60.8 Å². The molecule has 0 spiro atoms. The highest BCUT2D eigenvalue weighted by molar-refractivity contribution is 5.29. The summed E-state index contributed by atoms with van der Waals surface area (Å²) in [5.74, 6) is 2.57. The third-order valence-corrected chi connectivity index (χ3v) is 4.39. The van der Waals surface area contributed by atoms with E-state index >= 15 is 0 Å². The molecule has 0 aliphatic heterocycles. The molecular weight excluding hydrogens is 246 g/mol. The number of hydrogen-bond acceptors (Lipinski definition) is 2. The Morgan fingerprint density at radius 3 is 2.70 bits per heavy atom. The first-order valence-electron chi connectivity index (χ1n) is 7.87.